The van der Waals surface area contributed by atoms with Crippen LogP contribution in [0, 0.1) is 0 Å². The molecule has 0 radical (unpaired) electrons. The van der Waals surface area contributed by atoms with Crippen molar-refractivity contribution in [2.75, 3.05) is 5.73 Å². The van der Waals surface area contributed by atoms with E-state index in [1.165, 1.54) is 36.7 Å². The van der Waals surface area contributed by atoms with Gasteiger partial charge in [0.25, 0.3) is 0 Å². The summed E-state index contributed by atoms with van der Waals surface area (Å²) in [7, 11) is 0. The van der Waals surface area contributed by atoms with E-state index in [0.29, 0.717) is 10.8 Å². The van der Waals surface area contributed by atoms with Crippen molar-refractivity contribution in [3.05, 3.63) is 40.7 Å². The zero-order valence-electron chi connectivity index (χ0n) is 9.99. The van der Waals surface area contributed by atoms with E-state index in [0.717, 1.165) is 17.7 Å². The Kier molecular flexibility index (Phi) is 2.92. The van der Waals surface area contributed by atoms with Gasteiger partial charge in [0.1, 0.15) is 17.2 Å². The van der Waals surface area contributed by atoms with E-state index >= 15 is 0 Å². The van der Waals surface area contributed by atoms with Gasteiger partial charge < -0.3 is 5.73 Å². The van der Waals surface area contributed by atoms with Crippen LogP contribution >= 0.6 is 11.6 Å². The lowest BCUT2D eigenvalue weighted by Gasteiger charge is -2.16. The summed E-state index contributed by atoms with van der Waals surface area (Å²) in [5.41, 5.74) is 10.3. The maximum atomic E-state index is 6.16. The number of benzene rings is 1. The molecular weight excluding hydrogens is 246 g/mol. The van der Waals surface area contributed by atoms with Gasteiger partial charge in [0.2, 0.25) is 0 Å². The largest absolute Gasteiger partial charge is 0.382 e. The van der Waals surface area contributed by atoms with Gasteiger partial charge in [0.15, 0.2) is 0 Å². The number of aromatic nitrogens is 2. The number of nitrogens with two attached hydrogens (primary N) is 1. The molecule has 1 aliphatic carbocycles. The van der Waals surface area contributed by atoms with E-state index in [9.17, 15) is 0 Å². The predicted molar refractivity (Wildman–Crippen MR) is 73.5 cm³/mol. The summed E-state index contributed by atoms with van der Waals surface area (Å²) in [6, 6.07) is 6.43. The molecule has 0 unspecified atom stereocenters. The molecule has 0 saturated heterocycles. The van der Waals surface area contributed by atoms with Gasteiger partial charge in [0.05, 0.1) is 5.69 Å². The third-order valence-corrected chi connectivity index (χ3v) is 3.81. The summed E-state index contributed by atoms with van der Waals surface area (Å²) in [5, 5.41) is 0.438. The van der Waals surface area contributed by atoms with E-state index in [1.807, 2.05) is 0 Å². The fraction of sp³-hybridized carbons (Fsp3) is 0.286. The molecule has 1 aliphatic rings. The van der Waals surface area contributed by atoms with E-state index in [1.54, 1.807) is 0 Å². The average molecular weight is 260 g/mol. The molecule has 2 N–H and O–H groups in total. The molecule has 3 nitrogen and oxygen atoms in total. The first-order chi connectivity index (χ1) is 8.75. The van der Waals surface area contributed by atoms with Gasteiger partial charge in [-0.25, -0.2) is 9.97 Å². The Bertz CT molecular complexity index is 596. The maximum absolute atomic E-state index is 6.16. The highest BCUT2D eigenvalue weighted by Gasteiger charge is 2.13. The second-order valence-electron chi connectivity index (χ2n) is 4.61. The number of aryl methyl sites for hydroxylation is 2. The Labute approximate surface area is 111 Å². The molecule has 0 fully saturated rings. The van der Waals surface area contributed by atoms with Crippen LogP contribution in [0.5, 0.6) is 0 Å². The van der Waals surface area contributed by atoms with Crippen LogP contribution in [-0.2, 0) is 12.8 Å². The van der Waals surface area contributed by atoms with Gasteiger partial charge >= 0.3 is 0 Å². The van der Waals surface area contributed by atoms with Gasteiger partial charge in [0, 0.05) is 5.56 Å². The van der Waals surface area contributed by atoms with Crippen LogP contribution < -0.4 is 5.73 Å². The smallest absolute Gasteiger partial charge is 0.146 e. The summed E-state index contributed by atoms with van der Waals surface area (Å²) in [6.45, 7) is 0. The van der Waals surface area contributed by atoms with Crippen LogP contribution in [0.3, 0.4) is 0 Å². The minimum absolute atomic E-state index is 0.333. The number of halogens is 1. The zero-order chi connectivity index (χ0) is 12.5. The minimum Gasteiger partial charge on any atom is -0.382 e. The first-order valence-electron chi connectivity index (χ1n) is 6.14. The molecule has 0 atom stereocenters. The quantitative estimate of drug-likeness (QED) is 0.855. The fourth-order valence-corrected chi connectivity index (χ4v) is 2.67. The molecule has 0 spiro atoms. The SMILES string of the molecule is Nc1ncnc(-c2ccc3c(c2)CCCC3)c1Cl. The Balaban J connectivity index is 2.09. The zero-order valence-corrected chi connectivity index (χ0v) is 10.7. The molecule has 1 aromatic carbocycles. The van der Waals surface area contributed by atoms with Gasteiger partial charge in [-0.3, -0.25) is 0 Å². The van der Waals surface area contributed by atoms with Gasteiger partial charge in [-0.15, -0.1) is 0 Å². The number of nitrogen functional groups attached to an aromatic ring is 1. The Morgan fingerprint density at radius 2 is 1.83 bits per heavy atom. The summed E-state index contributed by atoms with van der Waals surface area (Å²) in [4.78, 5) is 8.12. The monoisotopic (exact) mass is 259 g/mol. The molecule has 0 aliphatic heterocycles. The molecule has 0 saturated carbocycles. The molecule has 0 amide bonds. The van der Waals surface area contributed by atoms with E-state index in [-0.39, 0.29) is 0 Å². The fourth-order valence-electron chi connectivity index (χ4n) is 2.47. The number of hydrogen-bond donors (Lipinski definition) is 1. The van der Waals surface area contributed by atoms with Crippen LogP contribution in [0.4, 0.5) is 5.82 Å². The molecule has 18 heavy (non-hydrogen) atoms. The lowest BCUT2D eigenvalue weighted by atomic mass is 9.90. The van der Waals surface area contributed by atoms with Crippen LogP contribution in [-0.4, -0.2) is 9.97 Å². The topological polar surface area (TPSA) is 51.8 Å². The molecule has 0 bridgehead atoms. The number of rotatable bonds is 1. The molecule has 92 valence electrons. The number of fused-ring (bicyclic) bond motifs is 1. The van der Waals surface area contributed by atoms with Crippen molar-refractivity contribution in [3.8, 4) is 11.3 Å². The second kappa shape index (κ2) is 4.58. The van der Waals surface area contributed by atoms with Crippen molar-refractivity contribution in [2.45, 2.75) is 25.7 Å². The predicted octanol–water partition coefficient (Wildman–Crippen LogP) is 3.26. The van der Waals surface area contributed by atoms with Crippen molar-refractivity contribution in [1.29, 1.82) is 0 Å². The normalized spacial score (nSPS) is 14.3. The third-order valence-electron chi connectivity index (χ3n) is 3.44. The van der Waals surface area contributed by atoms with Gasteiger partial charge in [-0.2, -0.15) is 0 Å². The van der Waals surface area contributed by atoms with Crippen LogP contribution in [0.15, 0.2) is 24.5 Å². The van der Waals surface area contributed by atoms with Crippen LogP contribution in [0.2, 0.25) is 5.02 Å². The van der Waals surface area contributed by atoms with E-state index in [4.69, 9.17) is 17.3 Å². The Hall–Kier alpha value is -1.61. The highest BCUT2D eigenvalue weighted by molar-refractivity contribution is 6.35. The van der Waals surface area contributed by atoms with Crippen LogP contribution in [0.25, 0.3) is 11.3 Å². The van der Waals surface area contributed by atoms with Gasteiger partial charge in [-0.1, -0.05) is 23.7 Å². The highest BCUT2D eigenvalue weighted by atomic mass is 35.5. The number of nitrogens with zero attached hydrogens (tertiary/aromatic N) is 2. The second-order valence-corrected chi connectivity index (χ2v) is 4.99. The molecule has 1 aromatic heterocycles. The Morgan fingerprint density at radius 3 is 2.67 bits per heavy atom. The lowest BCUT2D eigenvalue weighted by molar-refractivity contribution is 0.686. The van der Waals surface area contributed by atoms with E-state index < -0.39 is 0 Å². The molecule has 1 heterocycles. The molecule has 2 aromatic rings. The van der Waals surface area contributed by atoms with Gasteiger partial charge in [-0.05, 0) is 42.9 Å². The number of hydrogen-bond acceptors (Lipinski definition) is 3. The summed E-state index contributed by atoms with van der Waals surface area (Å²) in [5.74, 6) is 0.333. The van der Waals surface area contributed by atoms with Crippen molar-refractivity contribution in [3.63, 3.8) is 0 Å². The van der Waals surface area contributed by atoms with Crippen molar-refractivity contribution in [1.82, 2.24) is 9.97 Å². The summed E-state index contributed by atoms with van der Waals surface area (Å²) in [6.07, 6.45) is 6.32. The maximum Gasteiger partial charge on any atom is 0.146 e. The third kappa shape index (κ3) is 1.95. The van der Waals surface area contributed by atoms with Crippen molar-refractivity contribution in [2.24, 2.45) is 0 Å². The number of anilines is 1. The summed E-state index contributed by atoms with van der Waals surface area (Å²) < 4.78 is 0. The first kappa shape index (κ1) is 11.5. The Morgan fingerprint density at radius 1 is 1.06 bits per heavy atom. The van der Waals surface area contributed by atoms with Crippen LogP contribution in [0.1, 0.15) is 24.0 Å². The molecular formula is C14H14ClN3. The minimum atomic E-state index is 0.333. The average Bonchev–Trinajstić information content (AvgIpc) is 2.41. The summed E-state index contributed by atoms with van der Waals surface area (Å²) >= 11 is 6.16. The molecule has 3 rings (SSSR count). The highest BCUT2D eigenvalue weighted by Crippen LogP contribution is 2.31. The standard InChI is InChI=1S/C14H14ClN3/c15-12-13(17-8-18-14(12)16)11-6-5-9-3-1-2-4-10(9)7-11/h5-8H,1-4H2,(H2,16,17,18). The van der Waals surface area contributed by atoms with Crippen molar-refractivity contribution < 1.29 is 0 Å². The first-order valence-corrected chi connectivity index (χ1v) is 6.51. The van der Waals surface area contributed by atoms with E-state index in [2.05, 4.69) is 28.2 Å². The lowest BCUT2D eigenvalue weighted by Crippen LogP contribution is -2.03. The van der Waals surface area contributed by atoms with Crippen molar-refractivity contribution >= 4 is 17.4 Å². The molecule has 4 heteroatoms.